The van der Waals surface area contributed by atoms with Crippen LogP contribution in [0.4, 0.5) is 5.95 Å². The highest BCUT2D eigenvalue weighted by Crippen LogP contribution is 2.29. The lowest BCUT2D eigenvalue weighted by Gasteiger charge is -2.22. The molecule has 1 fully saturated rings. The zero-order valence-electron chi connectivity index (χ0n) is 21.1. The number of carbonyl (C=O) groups excluding carboxylic acids is 2. The van der Waals surface area contributed by atoms with Crippen molar-refractivity contribution in [3.8, 4) is 22.7 Å². The van der Waals surface area contributed by atoms with Gasteiger partial charge in [-0.05, 0) is 61.7 Å². The van der Waals surface area contributed by atoms with Crippen molar-refractivity contribution in [1.82, 2.24) is 14.5 Å². The Kier molecular flexibility index (Phi) is 7.03. The van der Waals surface area contributed by atoms with Gasteiger partial charge in [0.2, 0.25) is 17.8 Å². The van der Waals surface area contributed by atoms with Crippen LogP contribution >= 0.6 is 0 Å². The SMILES string of the molecule is COc1ccc(-c2cn(-c3ccc(C)cc3)c(NC(=O)CN(C(=O)Cc3ccccc3)C3CC3)n2)cc1. The first-order chi connectivity index (χ1) is 18.0. The van der Waals surface area contributed by atoms with Crippen LogP contribution in [-0.2, 0) is 16.0 Å². The van der Waals surface area contributed by atoms with Crippen LogP contribution in [0.25, 0.3) is 16.9 Å². The number of hydrogen-bond donors (Lipinski definition) is 1. The summed E-state index contributed by atoms with van der Waals surface area (Å²) in [5, 5.41) is 2.96. The molecular formula is C30H30N4O3. The molecule has 0 saturated heterocycles. The van der Waals surface area contributed by atoms with Crippen molar-refractivity contribution in [2.75, 3.05) is 19.0 Å². The molecule has 37 heavy (non-hydrogen) atoms. The van der Waals surface area contributed by atoms with Gasteiger partial charge in [0, 0.05) is 23.5 Å². The summed E-state index contributed by atoms with van der Waals surface area (Å²) in [6, 6.07) is 25.4. The number of anilines is 1. The average Bonchev–Trinajstić information content (AvgIpc) is 3.68. The minimum atomic E-state index is -0.270. The highest BCUT2D eigenvalue weighted by molar-refractivity contribution is 5.94. The topological polar surface area (TPSA) is 76.5 Å². The number of amides is 2. The number of rotatable bonds is 9. The number of ether oxygens (including phenoxy) is 1. The van der Waals surface area contributed by atoms with Gasteiger partial charge in [0.1, 0.15) is 12.3 Å². The van der Waals surface area contributed by atoms with Gasteiger partial charge < -0.3 is 9.64 Å². The van der Waals surface area contributed by atoms with Crippen LogP contribution in [-0.4, -0.2) is 46.0 Å². The van der Waals surface area contributed by atoms with Gasteiger partial charge >= 0.3 is 0 Å². The molecule has 1 aliphatic carbocycles. The summed E-state index contributed by atoms with van der Waals surface area (Å²) in [5.41, 5.74) is 4.59. The molecule has 0 unspecified atom stereocenters. The van der Waals surface area contributed by atoms with E-state index < -0.39 is 0 Å². The summed E-state index contributed by atoms with van der Waals surface area (Å²) in [6.45, 7) is 2.02. The summed E-state index contributed by atoms with van der Waals surface area (Å²) in [6.07, 6.45) is 4.03. The molecule has 0 aliphatic heterocycles. The lowest BCUT2D eigenvalue weighted by Crippen LogP contribution is -2.40. The molecule has 0 bridgehead atoms. The highest BCUT2D eigenvalue weighted by atomic mass is 16.5. The van der Waals surface area contributed by atoms with Crippen molar-refractivity contribution in [3.63, 3.8) is 0 Å². The monoisotopic (exact) mass is 494 g/mol. The average molecular weight is 495 g/mol. The fourth-order valence-electron chi connectivity index (χ4n) is 4.27. The molecule has 2 amide bonds. The van der Waals surface area contributed by atoms with E-state index in [0.717, 1.165) is 46.7 Å². The van der Waals surface area contributed by atoms with Crippen LogP contribution in [0.15, 0.2) is 85.1 Å². The number of aromatic nitrogens is 2. The number of methoxy groups -OCH3 is 1. The molecule has 0 radical (unpaired) electrons. The smallest absolute Gasteiger partial charge is 0.246 e. The molecule has 188 valence electrons. The van der Waals surface area contributed by atoms with Gasteiger partial charge in [-0.25, -0.2) is 4.98 Å². The lowest BCUT2D eigenvalue weighted by atomic mass is 10.1. The molecule has 3 aromatic carbocycles. The largest absolute Gasteiger partial charge is 0.497 e. The molecule has 1 saturated carbocycles. The maximum Gasteiger partial charge on any atom is 0.246 e. The summed E-state index contributed by atoms with van der Waals surface area (Å²) >= 11 is 0. The van der Waals surface area contributed by atoms with E-state index in [1.807, 2.05) is 96.6 Å². The molecule has 0 atom stereocenters. The van der Waals surface area contributed by atoms with Gasteiger partial charge in [-0.15, -0.1) is 0 Å². The van der Waals surface area contributed by atoms with Gasteiger partial charge in [-0.3, -0.25) is 19.5 Å². The first-order valence-corrected chi connectivity index (χ1v) is 12.4. The first-order valence-electron chi connectivity index (χ1n) is 12.4. The Balaban J connectivity index is 1.37. The fourth-order valence-corrected chi connectivity index (χ4v) is 4.27. The highest BCUT2D eigenvalue weighted by Gasteiger charge is 2.34. The van der Waals surface area contributed by atoms with Crippen LogP contribution in [0, 0.1) is 6.92 Å². The molecule has 7 nitrogen and oxygen atoms in total. The lowest BCUT2D eigenvalue weighted by molar-refractivity contribution is -0.134. The summed E-state index contributed by atoms with van der Waals surface area (Å²) in [5.74, 6) is 0.861. The van der Waals surface area contributed by atoms with Gasteiger partial charge in [-0.2, -0.15) is 0 Å². The Morgan fingerprint density at radius 3 is 2.35 bits per heavy atom. The Bertz CT molecular complexity index is 1370. The summed E-state index contributed by atoms with van der Waals surface area (Å²) < 4.78 is 7.14. The quantitative estimate of drug-likeness (QED) is 0.354. The zero-order valence-corrected chi connectivity index (χ0v) is 21.1. The number of carbonyl (C=O) groups is 2. The van der Waals surface area contributed by atoms with E-state index in [4.69, 9.17) is 9.72 Å². The second-order valence-electron chi connectivity index (χ2n) is 9.35. The van der Waals surface area contributed by atoms with E-state index in [9.17, 15) is 9.59 Å². The molecule has 0 spiro atoms. The Morgan fingerprint density at radius 1 is 1.00 bits per heavy atom. The molecule has 1 heterocycles. The number of nitrogens with one attached hydrogen (secondary N) is 1. The second-order valence-corrected chi connectivity index (χ2v) is 9.35. The van der Waals surface area contributed by atoms with Crippen LogP contribution in [0.2, 0.25) is 0 Å². The standard InChI is InChI=1S/C30H30N4O3/c1-21-8-12-25(13-9-21)34-19-27(23-10-16-26(37-2)17-11-23)31-30(34)32-28(35)20-33(24-14-15-24)29(36)18-22-6-4-3-5-7-22/h3-13,16-17,19,24H,14-15,18,20H2,1-2H3,(H,31,32,35). The van der Waals surface area contributed by atoms with Crippen LogP contribution in [0.5, 0.6) is 5.75 Å². The fraction of sp³-hybridized carbons (Fsp3) is 0.233. The predicted octanol–water partition coefficient (Wildman–Crippen LogP) is 5.03. The van der Waals surface area contributed by atoms with Gasteiger partial charge in [0.05, 0.1) is 19.2 Å². The normalized spacial score (nSPS) is 12.7. The van der Waals surface area contributed by atoms with Crippen molar-refractivity contribution in [3.05, 3.63) is 96.2 Å². The molecule has 1 aliphatic rings. The molecule has 5 rings (SSSR count). The zero-order chi connectivity index (χ0) is 25.8. The van der Waals surface area contributed by atoms with Crippen LogP contribution in [0.3, 0.4) is 0 Å². The third kappa shape index (κ3) is 5.89. The van der Waals surface area contributed by atoms with Gasteiger partial charge in [0.15, 0.2) is 0 Å². The van der Waals surface area contributed by atoms with E-state index in [-0.39, 0.29) is 30.8 Å². The molecule has 1 N–H and O–H groups in total. The second kappa shape index (κ2) is 10.7. The van der Waals surface area contributed by atoms with E-state index in [0.29, 0.717) is 5.95 Å². The summed E-state index contributed by atoms with van der Waals surface area (Å²) in [4.78, 5) is 32.7. The predicted molar refractivity (Wildman–Crippen MR) is 144 cm³/mol. The maximum absolute atomic E-state index is 13.2. The van der Waals surface area contributed by atoms with Crippen molar-refractivity contribution in [2.24, 2.45) is 0 Å². The van der Waals surface area contributed by atoms with Crippen molar-refractivity contribution in [2.45, 2.75) is 32.2 Å². The minimum absolute atomic E-state index is 0.00500. The molecular weight excluding hydrogens is 464 g/mol. The van der Waals surface area contributed by atoms with Crippen molar-refractivity contribution < 1.29 is 14.3 Å². The molecule has 4 aromatic rings. The number of hydrogen-bond acceptors (Lipinski definition) is 4. The number of benzene rings is 3. The van der Waals surface area contributed by atoms with E-state index in [2.05, 4.69) is 5.32 Å². The van der Waals surface area contributed by atoms with Crippen LogP contribution in [0.1, 0.15) is 24.0 Å². The molecule has 1 aromatic heterocycles. The minimum Gasteiger partial charge on any atom is -0.497 e. The maximum atomic E-state index is 13.2. The Hall–Kier alpha value is -4.39. The Morgan fingerprint density at radius 2 is 1.70 bits per heavy atom. The van der Waals surface area contributed by atoms with E-state index in [1.165, 1.54) is 0 Å². The third-order valence-electron chi connectivity index (χ3n) is 6.48. The Labute approximate surface area is 216 Å². The van der Waals surface area contributed by atoms with Crippen LogP contribution < -0.4 is 10.1 Å². The van der Waals surface area contributed by atoms with Crippen molar-refractivity contribution >= 4 is 17.8 Å². The number of aryl methyl sites for hydroxylation is 1. The van der Waals surface area contributed by atoms with E-state index in [1.54, 1.807) is 12.0 Å². The number of nitrogens with zero attached hydrogens (tertiary/aromatic N) is 3. The summed E-state index contributed by atoms with van der Waals surface area (Å²) in [7, 11) is 1.63. The van der Waals surface area contributed by atoms with Gasteiger partial charge in [-0.1, -0.05) is 48.0 Å². The third-order valence-corrected chi connectivity index (χ3v) is 6.48. The van der Waals surface area contributed by atoms with Gasteiger partial charge in [0.25, 0.3) is 0 Å². The molecule has 7 heteroatoms. The van der Waals surface area contributed by atoms with E-state index >= 15 is 0 Å². The van der Waals surface area contributed by atoms with Crippen molar-refractivity contribution in [1.29, 1.82) is 0 Å². The number of imidazole rings is 1. The first kappa shape index (κ1) is 24.3.